The van der Waals surface area contributed by atoms with Gasteiger partial charge < -0.3 is 14.5 Å². The lowest BCUT2D eigenvalue weighted by Crippen LogP contribution is -2.29. The maximum atomic E-state index is 13.6. The van der Waals surface area contributed by atoms with Crippen LogP contribution in [-0.2, 0) is 16.9 Å². The van der Waals surface area contributed by atoms with Crippen molar-refractivity contribution >= 4 is 5.84 Å². The Morgan fingerprint density at radius 3 is 2.55 bits per heavy atom. The first-order valence-electron chi connectivity index (χ1n) is 10.5. The molecule has 2 aromatic carbocycles. The van der Waals surface area contributed by atoms with E-state index in [0.29, 0.717) is 12.4 Å². The van der Waals surface area contributed by atoms with Gasteiger partial charge in [-0.1, -0.05) is 24.3 Å². The molecule has 29 heavy (non-hydrogen) atoms. The third kappa shape index (κ3) is 3.94. The Labute approximate surface area is 172 Å². The topological polar surface area (TPSA) is 39.6 Å². The van der Waals surface area contributed by atoms with Crippen LogP contribution in [0.4, 0.5) is 4.39 Å². The standard InChI is InChI=1S/C24H30FN3O/c1-27(2)13-5-12-24(20-7-9-21(25)10-8-20)22-11-6-18(16-19(22)17-29-24)23(26)28-14-3-4-15-28/h6-11,16,26H,3-5,12-15,17H2,1-2H3. The van der Waals surface area contributed by atoms with E-state index >= 15 is 0 Å². The van der Waals surface area contributed by atoms with Crippen molar-refractivity contribution in [3.05, 3.63) is 70.5 Å². The van der Waals surface area contributed by atoms with Crippen molar-refractivity contribution in [2.45, 2.75) is 37.9 Å². The highest BCUT2D eigenvalue weighted by atomic mass is 19.1. The second kappa shape index (κ2) is 8.25. The largest absolute Gasteiger partial charge is 0.361 e. The molecule has 2 aliphatic rings. The van der Waals surface area contributed by atoms with Crippen LogP contribution in [-0.4, -0.2) is 49.4 Å². The molecule has 4 nitrogen and oxygen atoms in total. The monoisotopic (exact) mass is 395 g/mol. The molecule has 1 N–H and O–H groups in total. The first-order chi connectivity index (χ1) is 14.0. The molecule has 0 aromatic heterocycles. The molecule has 1 saturated heterocycles. The Kier molecular flexibility index (Phi) is 5.70. The summed E-state index contributed by atoms with van der Waals surface area (Å²) in [5, 5.41) is 8.57. The van der Waals surface area contributed by atoms with Crippen molar-refractivity contribution in [1.29, 1.82) is 5.41 Å². The van der Waals surface area contributed by atoms with Crippen LogP contribution in [0.1, 0.15) is 47.9 Å². The van der Waals surface area contributed by atoms with E-state index in [1.807, 2.05) is 12.1 Å². The summed E-state index contributed by atoms with van der Waals surface area (Å²) in [6.07, 6.45) is 4.15. The number of nitrogens with one attached hydrogen (secondary N) is 1. The van der Waals surface area contributed by atoms with Gasteiger partial charge in [0.1, 0.15) is 17.3 Å². The zero-order valence-electron chi connectivity index (χ0n) is 17.4. The molecule has 2 aliphatic heterocycles. The number of amidine groups is 1. The number of hydrogen-bond acceptors (Lipinski definition) is 3. The lowest BCUT2D eigenvalue weighted by atomic mass is 9.81. The maximum Gasteiger partial charge on any atom is 0.128 e. The SMILES string of the molecule is CN(C)CCCC1(c2ccc(F)cc2)OCc2cc(C(=N)N3CCCC3)ccc21. The lowest BCUT2D eigenvalue weighted by molar-refractivity contribution is -0.0140. The van der Waals surface area contributed by atoms with Gasteiger partial charge in [0.15, 0.2) is 0 Å². The fraction of sp³-hybridized carbons (Fsp3) is 0.458. The van der Waals surface area contributed by atoms with Gasteiger partial charge >= 0.3 is 0 Å². The Balaban J connectivity index is 1.67. The van der Waals surface area contributed by atoms with Crippen LogP contribution in [0.5, 0.6) is 0 Å². The van der Waals surface area contributed by atoms with Crippen molar-refractivity contribution in [3.63, 3.8) is 0 Å². The first-order valence-corrected chi connectivity index (χ1v) is 10.5. The van der Waals surface area contributed by atoms with Gasteiger partial charge in [-0.15, -0.1) is 0 Å². The van der Waals surface area contributed by atoms with Crippen molar-refractivity contribution in [1.82, 2.24) is 9.80 Å². The molecule has 0 amide bonds. The minimum Gasteiger partial charge on any atom is -0.361 e. The van der Waals surface area contributed by atoms with E-state index in [1.54, 1.807) is 0 Å². The summed E-state index contributed by atoms with van der Waals surface area (Å²) in [4.78, 5) is 4.33. The number of benzene rings is 2. The Morgan fingerprint density at radius 1 is 1.14 bits per heavy atom. The summed E-state index contributed by atoms with van der Waals surface area (Å²) >= 11 is 0. The van der Waals surface area contributed by atoms with Crippen LogP contribution in [0.3, 0.4) is 0 Å². The summed E-state index contributed by atoms with van der Waals surface area (Å²) in [5.74, 6) is 0.377. The molecule has 1 fully saturated rings. The van der Waals surface area contributed by atoms with Crippen LogP contribution in [0.25, 0.3) is 0 Å². The van der Waals surface area contributed by atoms with Gasteiger partial charge in [-0.3, -0.25) is 5.41 Å². The van der Waals surface area contributed by atoms with Crippen molar-refractivity contribution in [2.24, 2.45) is 0 Å². The quantitative estimate of drug-likeness (QED) is 0.583. The third-order valence-electron chi connectivity index (χ3n) is 6.15. The van der Waals surface area contributed by atoms with E-state index in [4.69, 9.17) is 10.1 Å². The summed E-state index contributed by atoms with van der Waals surface area (Å²) < 4.78 is 20.0. The first kappa shape index (κ1) is 20.0. The summed E-state index contributed by atoms with van der Waals surface area (Å²) in [5.41, 5.74) is 3.70. The van der Waals surface area contributed by atoms with Gasteiger partial charge in [-0.25, -0.2) is 4.39 Å². The van der Waals surface area contributed by atoms with E-state index in [2.05, 4.69) is 42.1 Å². The molecular weight excluding hydrogens is 365 g/mol. The number of fused-ring (bicyclic) bond motifs is 1. The van der Waals surface area contributed by atoms with Crippen molar-refractivity contribution in [3.8, 4) is 0 Å². The molecule has 0 saturated carbocycles. The van der Waals surface area contributed by atoms with E-state index in [9.17, 15) is 4.39 Å². The number of likely N-dealkylation sites (tertiary alicyclic amines) is 1. The molecule has 5 heteroatoms. The summed E-state index contributed by atoms with van der Waals surface area (Å²) in [6.45, 7) is 3.43. The number of hydrogen-bond donors (Lipinski definition) is 1. The Hall–Kier alpha value is -2.24. The van der Waals surface area contributed by atoms with Crippen LogP contribution < -0.4 is 0 Å². The molecule has 0 radical (unpaired) electrons. The van der Waals surface area contributed by atoms with Gasteiger partial charge in [0.05, 0.1) is 6.61 Å². The maximum absolute atomic E-state index is 13.6. The minimum absolute atomic E-state index is 0.232. The molecule has 1 unspecified atom stereocenters. The predicted molar refractivity (Wildman–Crippen MR) is 114 cm³/mol. The molecule has 1 atom stereocenters. The molecule has 0 bridgehead atoms. The average molecular weight is 396 g/mol. The molecule has 0 spiro atoms. The van der Waals surface area contributed by atoms with Crippen LogP contribution >= 0.6 is 0 Å². The van der Waals surface area contributed by atoms with Gasteiger partial charge in [0.25, 0.3) is 0 Å². The van der Waals surface area contributed by atoms with Gasteiger partial charge in [0.2, 0.25) is 0 Å². The smallest absolute Gasteiger partial charge is 0.128 e. The lowest BCUT2D eigenvalue weighted by Gasteiger charge is -2.31. The zero-order chi connectivity index (χ0) is 20.4. The number of nitrogens with zero attached hydrogens (tertiary/aromatic N) is 2. The highest BCUT2D eigenvalue weighted by Crippen LogP contribution is 2.45. The van der Waals surface area contributed by atoms with E-state index in [1.165, 1.54) is 12.1 Å². The number of halogens is 1. The second-order valence-corrected chi connectivity index (χ2v) is 8.44. The fourth-order valence-electron chi connectivity index (χ4n) is 4.61. The molecule has 0 aliphatic carbocycles. The average Bonchev–Trinajstić information content (AvgIpc) is 3.36. The normalized spacial score (nSPS) is 21.0. The Morgan fingerprint density at radius 2 is 1.86 bits per heavy atom. The molecule has 4 rings (SSSR count). The summed E-state index contributed by atoms with van der Waals surface area (Å²) in [6, 6.07) is 13.0. The highest BCUT2D eigenvalue weighted by Gasteiger charge is 2.41. The van der Waals surface area contributed by atoms with Gasteiger partial charge in [0, 0.05) is 18.7 Å². The molecule has 154 valence electrons. The predicted octanol–water partition coefficient (Wildman–Crippen LogP) is 4.36. The zero-order valence-corrected chi connectivity index (χ0v) is 17.4. The van der Waals surface area contributed by atoms with Gasteiger partial charge in [-0.2, -0.15) is 0 Å². The van der Waals surface area contributed by atoms with Crippen LogP contribution in [0, 0.1) is 11.2 Å². The van der Waals surface area contributed by atoms with E-state index < -0.39 is 5.60 Å². The minimum atomic E-state index is -0.548. The number of rotatable bonds is 6. The fourth-order valence-corrected chi connectivity index (χ4v) is 4.61. The second-order valence-electron chi connectivity index (χ2n) is 8.44. The van der Waals surface area contributed by atoms with Gasteiger partial charge in [-0.05, 0) is 81.2 Å². The Bertz CT molecular complexity index is 874. The van der Waals surface area contributed by atoms with E-state index in [-0.39, 0.29) is 5.82 Å². The van der Waals surface area contributed by atoms with Crippen molar-refractivity contribution in [2.75, 3.05) is 33.7 Å². The molecular formula is C24H30FN3O. The number of ether oxygens (including phenoxy) is 1. The van der Waals surface area contributed by atoms with Crippen LogP contribution in [0.2, 0.25) is 0 Å². The van der Waals surface area contributed by atoms with Crippen LogP contribution in [0.15, 0.2) is 42.5 Å². The molecule has 2 aromatic rings. The molecule has 2 heterocycles. The van der Waals surface area contributed by atoms with E-state index in [0.717, 1.165) is 67.6 Å². The summed E-state index contributed by atoms with van der Waals surface area (Å²) in [7, 11) is 4.15. The van der Waals surface area contributed by atoms with Crippen molar-refractivity contribution < 1.29 is 9.13 Å². The highest BCUT2D eigenvalue weighted by molar-refractivity contribution is 5.96. The third-order valence-corrected chi connectivity index (χ3v) is 6.15.